The Morgan fingerprint density at radius 1 is 1.38 bits per heavy atom. The molecule has 0 spiro atoms. The zero-order valence-corrected chi connectivity index (χ0v) is 11.4. The summed E-state index contributed by atoms with van der Waals surface area (Å²) in [4.78, 5) is 16.6. The molecule has 1 fully saturated rings. The van der Waals surface area contributed by atoms with Gasteiger partial charge >= 0.3 is 0 Å². The summed E-state index contributed by atoms with van der Waals surface area (Å²) in [5.41, 5.74) is -0.203. The molecule has 1 heterocycles. The maximum atomic E-state index is 12.0. The van der Waals surface area contributed by atoms with Crippen LogP contribution in [0.25, 0.3) is 0 Å². The number of carbonyl (C=O) groups is 1. The Bertz CT molecular complexity index is 243. The SMILES string of the molecule is CN(C)CC1CCCN1CC(=O)C(C)(C)C. The van der Waals surface area contributed by atoms with Gasteiger partial charge in [0.15, 0.2) is 5.78 Å². The van der Waals surface area contributed by atoms with E-state index < -0.39 is 0 Å². The van der Waals surface area contributed by atoms with Crippen molar-refractivity contribution in [3.8, 4) is 0 Å². The number of ketones is 1. The number of hydrogen-bond acceptors (Lipinski definition) is 3. The van der Waals surface area contributed by atoms with E-state index in [-0.39, 0.29) is 5.41 Å². The van der Waals surface area contributed by atoms with Crippen molar-refractivity contribution >= 4 is 5.78 Å². The minimum Gasteiger partial charge on any atom is -0.308 e. The molecular formula is C13H26N2O. The van der Waals surface area contributed by atoms with Crippen molar-refractivity contribution in [2.24, 2.45) is 5.41 Å². The van der Waals surface area contributed by atoms with Gasteiger partial charge in [-0.3, -0.25) is 9.69 Å². The second kappa shape index (κ2) is 5.28. The fourth-order valence-electron chi connectivity index (χ4n) is 2.15. The van der Waals surface area contributed by atoms with E-state index in [4.69, 9.17) is 0 Å². The summed E-state index contributed by atoms with van der Waals surface area (Å²) in [5.74, 6) is 0.359. The first-order valence-electron chi connectivity index (χ1n) is 6.23. The van der Waals surface area contributed by atoms with Gasteiger partial charge in [0.25, 0.3) is 0 Å². The number of Topliss-reactive ketones (excluding diaryl/α,β-unsaturated/α-hetero) is 1. The molecule has 0 saturated carbocycles. The van der Waals surface area contributed by atoms with E-state index in [0.29, 0.717) is 18.4 Å². The lowest BCUT2D eigenvalue weighted by Crippen LogP contribution is -2.42. The summed E-state index contributed by atoms with van der Waals surface area (Å²) in [6.07, 6.45) is 2.46. The van der Waals surface area contributed by atoms with Gasteiger partial charge in [0.05, 0.1) is 6.54 Å². The molecule has 1 aliphatic rings. The Morgan fingerprint density at radius 2 is 2.00 bits per heavy atom. The largest absolute Gasteiger partial charge is 0.308 e. The Balaban J connectivity index is 2.50. The molecule has 0 aromatic carbocycles. The van der Waals surface area contributed by atoms with Crippen molar-refractivity contribution < 1.29 is 4.79 Å². The molecule has 0 aromatic rings. The van der Waals surface area contributed by atoms with Crippen molar-refractivity contribution in [3.05, 3.63) is 0 Å². The van der Waals surface area contributed by atoms with Crippen LogP contribution in [0, 0.1) is 5.41 Å². The third kappa shape index (κ3) is 3.87. The average molecular weight is 226 g/mol. The molecule has 3 heteroatoms. The van der Waals surface area contributed by atoms with Crippen LogP contribution < -0.4 is 0 Å². The van der Waals surface area contributed by atoms with E-state index in [9.17, 15) is 4.79 Å². The summed E-state index contributed by atoms with van der Waals surface area (Å²) in [5, 5.41) is 0. The third-order valence-electron chi connectivity index (χ3n) is 3.26. The maximum Gasteiger partial charge on any atom is 0.152 e. The number of likely N-dealkylation sites (N-methyl/N-ethyl adjacent to an activating group) is 1. The Kier molecular flexibility index (Phi) is 4.51. The lowest BCUT2D eigenvalue weighted by molar-refractivity contribution is -0.127. The molecule has 0 radical (unpaired) electrons. The highest BCUT2D eigenvalue weighted by Gasteiger charge is 2.30. The highest BCUT2D eigenvalue weighted by atomic mass is 16.1. The number of hydrogen-bond donors (Lipinski definition) is 0. The smallest absolute Gasteiger partial charge is 0.152 e. The fraction of sp³-hybridized carbons (Fsp3) is 0.923. The predicted octanol–water partition coefficient (Wildman–Crippen LogP) is 1.63. The molecule has 3 nitrogen and oxygen atoms in total. The normalized spacial score (nSPS) is 23.0. The summed E-state index contributed by atoms with van der Waals surface area (Å²) in [6.45, 7) is 8.80. The molecule has 1 saturated heterocycles. The van der Waals surface area contributed by atoms with Gasteiger partial charge in [0.1, 0.15) is 0 Å². The molecule has 0 bridgehead atoms. The highest BCUT2D eigenvalue weighted by Crippen LogP contribution is 2.21. The topological polar surface area (TPSA) is 23.6 Å². The lowest BCUT2D eigenvalue weighted by atomic mass is 9.90. The van der Waals surface area contributed by atoms with Gasteiger partial charge < -0.3 is 4.90 Å². The average Bonchev–Trinajstić information content (AvgIpc) is 2.50. The quantitative estimate of drug-likeness (QED) is 0.728. The predicted molar refractivity (Wildman–Crippen MR) is 67.6 cm³/mol. The molecule has 0 aromatic heterocycles. The Labute approximate surface area is 99.8 Å². The third-order valence-corrected chi connectivity index (χ3v) is 3.26. The highest BCUT2D eigenvalue weighted by molar-refractivity contribution is 5.85. The minimum absolute atomic E-state index is 0.203. The van der Waals surface area contributed by atoms with E-state index in [1.165, 1.54) is 12.8 Å². The molecule has 0 amide bonds. The first-order chi connectivity index (χ1) is 7.30. The molecule has 94 valence electrons. The standard InChI is InChI=1S/C13H26N2O/c1-13(2,3)12(16)10-15-8-6-7-11(15)9-14(4)5/h11H,6-10H2,1-5H3. The molecule has 0 N–H and O–H groups in total. The van der Waals surface area contributed by atoms with E-state index in [0.717, 1.165) is 13.1 Å². The van der Waals surface area contributed by atoms with Gasteiger partial charge in [-0.25, -0.2) is 0 Å². The fourth-order valence-corrected chi connectivity index (χ4v) is 2.15. The van der Waals surface area contributed by atoms with Crippen LogP contribution in [0.4, 0.5) is 0 Å². The second-order valence-electron chi connectivity index (χ2n) is 6.20. The zero-order chi connectivity index (χ0) is 12.3. The summed E-state index contributed by atoms with van der Waals surface area (Å²) < 4.78 is 0. The van der Waals surface area contributed by atoms with E-state index >= 15 is 0 Å². The maximum absolute atomic E-state index is 12.0. The van der Waals surface area contributed by atoms with Gasteiger partial charge in [0.2, 0.25) is 0 Å². The molecule has 16 heavy (non-hydrogen) atoms. The van der Waals surface area contributed by atoms with E-state index in [2.05, 4.69) is 23.9 Å². The zero-order valence-electron chi connectivity index (χ0n) is 11.4. The van der Waals surface area contributed by atoms with Crippen LogP contribution in [0.5, 0.6) is 0 Å². The molecule has 1 rings (SSSR count). The number of nitrogens with zero attached hydrogens (tertiary/aromatic N) is 2. The molecule has 1 atom stereocenters. The van der Waals surface area contributed by atoms with Crippen molar-refractivity contribution in [1.29, 1.82) is 0 Å². The molecule has 0 aliphatic carbocycles. The van der Waals surface area contributed by atoms with Gasteiger partial charge in [-0.1, -0.05) is 20.8 Å². The summed E-state index contributed by atoms with van der Waals surface area (Å²) >= 11 is 0. The van der Waals surface area contributed by atoms with Crippen LogP contribution in [0.15, 0.2) is 0 Å². The number of rotatable bonds is 4. The van der Waals surface area contributed by atoms with Crippen molar-refractivity contribution in [3.63, 3.8) is 0 Å². The monoisotopic (exact) mass is 226 g/mol. The van der Waals surface area contributed by atoms with Crippen LogP contribution >= 0.6 is 0 Å². The van der Waals surface area contributed by atoms with Crippen LogP contribution in [0.2, 0.25) is 0 Å². The van der Waals surface area contributed by atoms with Gasteiger partial charge in [-0.05, 0) is 33.5 Å². The van der Waals surface area contributed by atoms with E-state index in [1.807, 2.05) is 20.8 Å². The van der Waals surface area contributed by atoms with Crippen LogP contribution in [-0.4, -0.2) is 55.4 Å². The Morgan fingerprint density at radius 3 is 2.50 bits per heavy atom. The summed E-state index contributed by atoms with van der Waals surface area (Å²) in [6, 6.07) is 0.571. The first-order valence-corrected chi connectivity index (χ1v) is 6.23. The number of carbonyl (C=O) groups excluding carboxylic acids is 1. The summed E-state index contributed by atoms with van der Waals surface area (Å²) in [7, 11) is 4.20. The Hall–Kier alpha value is -0.410. The van der Waals surface area contributed by atoms with Crippen molar-refractivity contribution in [2.45, 2.75) is 39.7 Å². The van der Waals surface area contributed by atoms with Crippen molar-refractivity contribution in [2.75, 3.05) is 33.7 Å². The first kappa shape index (κ1) is 13.7. The van der Waals surface area contributed by atoms with Gasteiger partial charge in [-0.15, -0.1) is 0 Å². The molecular weight excluding hydrogens is 200 g/mol. The second-order valence-corrected chi connectivity index (χ2v) is 6.20. The van der Waals surface area contributed by atoms with Crippen molar-refractivity contribution in [1.82, 2.24) is 9.80 Å². The lowest BCUT2D eigenvalue weighted by Gasteiger charge is -2.28. The van der Waals surface area contributed by atoms with Crippen LogP contribution in [0.3, 0.4) is 0 Å². The van der Waals surface area contributed by atoms with Crippen LogP contribution in [0.1, 0.15) is 33.6 Å². The van der Waals surface area contributed by atoms with Crippen LogP contribution in [-0.2, 0) is 4.79 Å². The minimum atomic E-state index is -0.203. The van der Waals surface area contributed by atoms with E-state index in [1.54, 1.807) is 0 Å². The molecule has 1 unspecified atom stereocenters. The van der Waals surface area contributed by atoms with Gasteiger partial charge in [-0.2, -0.15) is 0 Å². The molecule has 1 aliphatic heterocycles. The number of likely N-dealkylation sites (tertiary alicyclic amines) is 1. The van der Waals surface area contributed by atoms with Gasteiger partial charge in [0, 0.05) is 18.0 Å².